The van der Waals surface area contributed by atoms with E-state index in [1.54, 1.807) is 13.3 Å². The number of hydrogen-bond donors (Lipinski definition) is 1. The molecule has 2 aromatic rings. The molecule has 8 heteroatoms. The third-order valence-corrected chi connectivity index (χ3v) is 4.12. The molecule has 0 saturated heterocycles. The number of nitrogens with zero attached hydrogens (tertiary/aromatic N) is 3. The van der Waals surface area contributed by atoms with E-state index in [2.05, 4.69) is 15.3 Å². The maximum absolute atomic E-state index is 13.9. The molecule has 2 aliphatic heterocycles. The molecule has 0 saturated carbocycles. The molecule has 2 aliphatic rings. The van der Waals surface area contributed by atoms with Gasteiger partial charge in [0.25, 0.3) is 5.91 Å². The van der Waals surface area contributed by atoms with Crippen LogP contribution in [0.15, 0.2) is 32.6 Å². The van der Waals surface area contributed by atoms with E-state index in [9.17, 15) is 9.18 Å². The summed E-state index contributed by atoms with van der Waals surface area (Å²) in [4.78, 5) is 23.2. The van der Waals surface area contributed by atoms with Crippen LogP contribution in [-0.2, 0) is 0 Å². The minimum Gasteiger partial charge on any atom is -0.442 e. The zero-order valence-electron chi connectivity index (χ0n) is 12.6. The fourth-order valence-corrected chi connectivity index (χ4v) is 2.95. The van der Waals surface area contributed by atoms with Crippen LogP contribution in [0.1, 0.15) is 21.7 Å². The van der Waals surface area contributed by atoms with Crippen molar-refractivity contribution >= 4 is 41.3 Å². The summed E-state index contributed by atoms with van der Waals surface area (Å²) in [5.74, 6) is 0.305. The second kappa shape index (κ2) is 5.45. The van der Waals surface area contributed by atoms with Gasteiger partial charge in [0.05, 0.1) is 23.4 Å². The molecule has 0 aliphatic carbocycles. The van der Waals surface area contributed by atoms with Crippen molar-refractivity contribution in [3.8, 4) is 0 Å². The lowest BCUT2D eigenvalue weighted by atomic mass is 10.1. The van der Waals surface area contributed by atoms with Gasteiger partial charge < -0.3 is 14.6 Å². The fraction of sp³-hybridized carbons (Fsp3) is 0.188. The van der Waals surface area contributed by atoms with Crippen LogP contribution in [0.4, 0.5) is 16.0 Å². The number of hydrogen-bond acceptors (Lipinski definition) is 5. The van der Waals surface area contributed by atoms with Crippen molar-refractivity contribution < 1.29 is 13.6 Å². The van der Waals surface area contributed by atoms with Crippen molar-refractivity contribution in [2.45, 2.75) is 6.92 Å². The van der Waals surface area contributed by atoms with Crippen LogP contribution in [-0.4, -0.2) is 36.1 Å². The number of carbonyl (C=O) groups excluding carboxylic acids is 1. The summed E-state index contributed by atoms with van der Waals surface area (Å²) in [7, 11) is 0. The van der Waals surface area contributed by atoms with Gasteiger partial charge in [0.15, 0.2) is 0 Å². The van der Waals surface area contributed by atoms with Crippen molar-refractivity contribution in [3.05, 3.63) is 45.9 Å². The monoisotopic (exact) mass is 346 g/mol. The number of aryl methyl sites for hydroxylation is 1. The lowest BCUT2D eigenvalue weighted by Crippen LogP contribution is -2.30. The van der Waals surface area contributed by atoms with Crippen LogP contribution in [0.2, 0.25) is 5.02 Å². The Morgan fingerprint density at radius 1 is 1.46 bits per heavy atom. The predicted molar refractivity (Wildman–Crippen MR) is 89.1 cm³/mol. The molecule has 0 spiro atoms. The molecule has 0 unspecified atom stereocenters. The number of carbonyl (C=O) groups is 1. The van der Waals surface area contributed by atoms with E-state index in [4.69, 9.17) is 16.0 Å². The Balaban J connectivity index is 1.74. The van der Waals surface area contributed by atoms with Gasteiger partial charge in [-0.1, -0.05) is 11.6 Å². The molecule has 122 valence electrons. The molecular weight excluding hydrogens is 335 g/mol. The number of furan rings is 1. The zero-order valence-corrected chi connectivity index (χ0v) is 13.4. The van der Waals surface area contributed by atoms with Gasteiger partial charge >= 0.3 is 0 Å². The second-order valence-electron chi connectivity index (χ2n) is 5.43. The Morgan fingerprint density at radius 2 is 2.29 bits per heavy atom. The summed E-state index contributed by atoms with van der Waals surface area (Å²) < 4.78 is 19.5. The van der Waals surface area contributed by atoms with Gasteiger partial charge in [-0.15, -0.1) is 0 Å². The Hall–Kier alpha value is -2.67. The van der Waals surface area contributed by atoms with Crippen LogP contribution >= 0.6 is 11.6 Å². The number of fused-ring (bicyclic) bond motifs is 3. The van der Waals surface area contributed by atoms with E-state index in [-0.39, 0.29) is 10.7 Å². The molecule has 4 rings (SSSR count). The summed E-state index contributed by atoms with van der Waals surface area (Å²) in [6.45, 7) is 2.99. The number of amidine groups is 1. The van der Waals surface area contributed by atoms with Gasteiger partial charge in [-0.05, 0) is 25.1 Å². The Kier molecular flexibility index (Phi) is 3.38. The Morgan fingerprint density at radius 3 is 3.08 bits per heavy atom. The first-order valence-electron chi connectivity index (χ1n) is 7.30. The molecule has 24 heavy (non-hydrogen) atoms. The molecule has 0 bridgehead atoms. The van der Waals surface area contributed by atoms with E-state index in [0.717, 1.165) is 6.07 Å². The SMILES string of the molecule is Cc1oc2c(c1C(=O)Nc1ccc(Cl)cc1F)C1=NCCN1C=N2. The van der Waals surface area contributed by atoms with Crippen molar-refractivity contribution in [2.24, 2.45) is 9.98 Å². The number of halogens is 2. The summed E-state index contributed by atoms with van der Waals surface area (Å²) in [6, 6.07) is 4.06. The van der Waals surface area contributed by atoms with Gasteiger partial charge in [0.2, 0.25) is 5.88 Å². The number of nitrogens with one attached hydrogen (secondary N) is 1. The third-order valence-electron chi connectivity index (χ3n) is 3.88. The first-order valence-corrected chi connectivity index (χ1v) is 7.68. The van der Waals surface area contributed by atoms with Crippen LogP contribution in [0, 0.1) is 12.7 Å². The molecule has 0 radical (unpaired) electrons. The average Bonchev–Trinajstić information content (AvgIpc) is 3.12. The van der Waals surface area contributed by atoms with E-state index < -0.39 is 11.7 Å². The lowest BCUT2D eigenvalue weighted by molar-refractivity contribution is 0.102. The van der Waals surface area contributed by atoms with E-state index in [1.165, 1.54) is 12.1 Å². The predicted octanol–water partition coefficient (Wildman–Crippen LogP) is 3.37. The summed E-state index contributed by atoms with van der Waals surface area (Å²) in [5, 5.41) is 2.81. The minimum absolute atomic E-state index is 0.0447. The average molecular weight is 347 g/mol. The topological polar surface area (TPSA) is 70.2 Å². The van der Waals surface area contributed by atoms with Gasteiger partial charge in [-0.25, -0.2) is 9.38 Å². The van der Waals surface area contributed by atoms with Crippen molar-refractivity contribution in [1.82, 2.24) is 4.90 Å². The highest BCUT2D eigenvalue weighted by molar-refractivity contribution is 6.30. The molecule has 1 amide bonds. The maximum atomic E-state index is 13.9. The molecule has 1 N–H and O–H groups in total. The molecule has 3 heterocycles. The number of rotatable bonds is 2. The van der Waals surface area contributed by atoms with Crippen LogP contribution in [0.5, 0.6) is 0 Å². The first kappa shape index (κ1) is 14.9. The van der Waals surface area contributed by atoms with Gasteiger partial charge in [0, 0.05) is 11.6 Å². The largest absolute Gasteiger partial charge is 0.442 e. The van der Waals surface area contributed by atoms with Gasteiger partial charge in [-0.2, -0.15) is 0 Å². The normalized spacial score (nSPS) is 15.1. The van der Waals surface area contributed by atoms with Gasteiger partial charge in [0.1, 0.15) is 23.8 Å². The third kappa shape index (κ3) is 2.28. The number of anilines is 1. The number of benzene rings is 1. The number of amides is 1. The van der Waals surface area contributed by atoms with E-state index >= 15 is 0 Å². The summed E-state index contributed by atoms with van der Waals surface area (Å²) in [6.07, 6.45) is 1.64. The van der Waals surface area contributed by atoms with E-state index in [0.29, 0.717) is 41.7 Å². The highest BCUT2D eigenvalue weighted by Crippen LogP contribution is 2.34. The van der Waals surface area contributed by atoms with E-state index in [1.807, 2.05) is 4.90 Å². The first-order chi connectivity index (χ1) is 11.5. The molecule has 0 atom stereocenters. The molecule has 1 aromatic heterocycles. The molecular formula is C16H12ClFN4O2. The van der Waals surface area contributed by atoms with Crippen molar-refractivity contribution in [3.63, 3.8) is 0 Å². The summed E-state index contributed by atoms with van der Waals surface area (Å²) >= 11 is 5.73. The summed E-state index contributed by atoms with van der Waals surface area (Å²) in [5.41, 5.74) is 0.893. The zero-order chi connectivity index (χ0) is 16.8. The van der Waals surface area contributed by atoms with Crippen LogP contribution in [0.25, 0.3) is 0 Å². The van der Waals surface area contributed by atoms with Crippen LogP contribution in [0.3, 0.4) is 0 Å². The molecule has 6 nitrogen and oxygen atoms in total. The Bertz CT molecular complexity index is 919. The molecule has 0 fully saturated rings. The quantitative estimate of drug-likeness (QED) is 0.906. The number of aliphatic imine (C=N–C) groups is 2. The lowest BCUT2D eigenvalue weighted by Gasteiger charge is -2.18. The van der Waals surface area contributed by atoms with Crippen LogP contribution < -0.4 is 5.32 Å². The smallest absolute Gasteiger partial charge is 0.260 e. The highest BCUT2D eigenvalue weighted by atomic mass is 35.5. The van der Waals surface area contributed by atoms with Crippen molar-refractivity contribution in [1.29, 1.82) is 0 Å². The molecule has 1 aromatic carbocycles. The fourth-order valence-electron chi connectivity index (χ4n) is 2.80. The Labute approximate surface area is 141 Å². The highest BCUT2D eigenvalue weighted by Gasteiger charge is 2.33. The minimum atomic E-state index is -0.608. The van der Waals surface area contributed by atoms with Crippen molar-refractivity contribution in [2.75, 3.05) is 18.4 Å². The maximum Gasteiger partial charge on any atom is 0.260 e. The second-order valence-corrected chi connectivity index (χ2v) is 5.87. The van der Waals surface area contributed by atoms with Gasteiger partial charge in [-0.3, -0.25) is 9.79 Å². The standard InChI is InChI=1S/C16H12ClFN4O2/c1-8-12(15(23)21-11-3-2-9(17)6-10(11)18)13-14-19-4-5-22(14)7-20-16(13)24-8/h2-3,6-7H,4-5H2,1H3,(H,21,23).